The number of aromatic amines is 1. The maximum absolute atomic E-state index is 13.9. The number of H-pyrrole nitrogens is 1. The number of hydrogen-bond acceptors (Lipinski definition) is 6. The molecule has 8 nitrogen and oxygen atoms in total. The molecule has 1 heterocycles. The molecule has 0 aliphatic heterocycles. The second-order valence-corrected chi connectivity index (χ2v) is 11.1. The molecule has 2 N–H and O–H groups in total. The normalized spacial score (nSPS) is 13.0. The van der Waals surface area contributed by atoms with E-state index in [4.69, 9.17) is 4.74 Å². The Morgan fingerprint density at radius 1 is 0.795 bits per heavy atom. The van der Waals surface area contributed by atoms with Gasteiger partial charge < -0.3 is 15.0 Å². The lowest BCUT2D eigenvalue weighted by molar-refractivity contribution is -0.148. The van der Waals surface area contributed by atoms with Gasteiger partial charge in [-0.3, -0.25) is 24.0 Å². The first kappa shape index (κ1) is 32.1. The number of ether oxygens (including phenoxy) is 1. The van der Waals surface area contributed by atoms with Gasteiger partial charge in [-0.25, -0.2) is 0 Å². The van der Waals surface area contributed by atoms with Crippen LogP contribution < -0.4 is 5.32 Å². The first-order chi connectivity index (χ1) is 21.2. The van der Waals surface area contributed by atoms with Gasteiger partial charge in [0, 0.05) is 48.2 Å². The zero-order valence-electron chi connectivity index (χ0n) is 25.1. The van der Waals surface area contributed by atoms with Crippen molar-refractivity contribution in [2.24, 2.45) is 11.8 Å². The molecule has 44 heavy (non-hydrogen) atoms. The molecule has 0 fully saturated rings. The fourth-order valence-electron chi connectivity index (χ4n) is 5.16. The molecule has 0 aliphatic rings. The van der Waals surface area contributed by atoms with Crippen molar-refractivity contribution in [3.05, 3.63) is 108 Å². The number of carbonyl (C=O) groups is 5. The van der Waals surface area contributed by atoms with Crippen LogP contribution in [-0.2, 0) is 48.2 Å². The number of benzene rings is 3. The van der Waals surface area contributed by atoms with Gasteiger partial charge in [0.2, 0.25) is 11.7 Å². The molecule has 8 heteroatoms. The third-order valence-electron chi connectivity index (χ3n) is 7.71. The van der Waals surface area contributed by atoms with Gasteiger partial charge in [0.15, 0.2) is 11.6 Å². The fraction of sp³-hybridized carbons (Fsp3) is 0.306. The van der Waals surface area contributed by atoms with Gasteiger partial charge in [0.05, 0.1) is 12.5 Å². The van der Waals surface area contributed by atoms with Crippen molar-refractivity contribution in [2.45, 2.75) is 58.6 Å². The van der Waals surface area contributed by atoms with Crippen LogP contribution >= 0.6 is 0 Å². The van der Waals surface area contributed by atoms with Crippen LogP contribution in [0.3, 0.4) is 0 Å². The predicted octanol–water partition coefficient (Wildman–Crippen LogP) is 5.33. The van der Waals surface area contributed by atoms with Crippen LogP contribution in [0.25, 0.3) is 10.9 Å². The molecule has 0 aliphatic carbocycles. The van der Waals surface area contributed by atoms with Gasteiger partial charge in [-0.2, -0.15) is 0 Å². The van der Waals surface area contributed by atoms with Crippen LogP contribution in [-0.4, -0.2) is 40.3 Å². The summed E-state index contributed by atoms with van der Waals surface area (Å²) in [6.07, 6.45) is 1.88. The zero-order chi connectivity index (χ0) is 31.5. The minimum Gasteiger partial charge on any atom is -0.461 e. The van der Waals surface area contributed by atoms with E-state index >= 15 is 0 Å². The first-order valence-electron chi connectivity index (χ1n) is 14.9. The highest BCUT2D eigenvalue weighted by Gasteiger charge is 2.32. The van der Waals surface area contributed by atoms with Crippen LogP contribution in [0.2, 0.25) is 0 Å². The molecule has 0 bridgehead atoms. The number of Topliss-reactive ketones (excluding diaryl/α,β-unsaturated/α-hetero) is 3. The summed E-state index contributed by atoms with van der Waals surface area (Å²) in [5.74, 6) is -4.10. The topological polar surface area (TPSA) is 122 Å². The molecule has 1 amide bonds. The van der Waals surface area contributed by atoms with E-state index in [9.17, 15) is 24.0 Å². The highest BCUT2D eigenvalue weighted by Crippen LogP contribution is 2.22. The van der Waals surface area contributed by atoms with Gasteiger partial charge in [-0.15, -0.1) is 0 Å². The summed E-state index contributed by atoms with van der Waals surface area (Å²) in [7, 11) is 0. The number of carbonyl (C=O) groups excluding carboxylic acids is 5. The number of amides is 1. The summed E-state index contributed by atoms with van der Waals surface area (Å²) >= 11 is 0. The number of rotatable bonds is 16. The second-order valence-electron chi connectivity index (χ2n) is 11.1. The van der Waals surface area contributed by atoms with Crippen LogP contribution in [0.5, 0.6) is 0 Å². The average Bonchev–Trinajstić information content (AvgIpc) is 3.45. The van der Waals surface area contributed by atoms with E-state index in [1.54, 1.807) is 20.0 Å². The van der Waals surface area contributed by atoms with Crippen LogP contribution in [0, 0.1) is 11.8 Å². The smallest absolute Gasteiger partial charge is 0.306 e. The second kappa shape index (κ2) is 15.6. The maximum atomic E-state index is 13.9. The number of nitrogens with one attached hydrogen (secondary N) is 2. The molecule has 228 valence electrons. The Morgan fingerprint density at radius 2 is 1.43 bits per heavy atom. The molecule has 0 spiro atoms. The Kier molecular flexibility index (Phi) is 11.3. The van der Waals surface area contributed by atoms with E-state index < -0.39 is 41.3 Å². The first-order valence-corrected chi connectivity index (χ1v) is 14.9. The Balaban J connectivity index is 1.50. The Morgan fingerprint density at radius 3 is 2.11 bits per heavy atom. The maximum Gasteiger partial charge on any atom is 0.306 e. The molecular formula is C36H38N2O6. The largest absolute Gasteiger partial charge is 0.461 e. The quantitative estimate of drug-likeness (QED) is 0.134. The number of ketones is 3. The van der Waals surface area contributed by atoms with Crippen molar-refractivity contribution in [3.8, 4) is 0 Å². The lowest BCUT2D eigenvalue weighted by Crippen LogP contribution is -2.46. The van der Waals surface area contributed by atoms with Crippen LogP contribution in [0.15, 0.2) is 91.1 Å². The molecule has 3 atom stereocenters. The predicted molar refractivity (Wildman–Crippen MR) is 168 cm³/mol. The van der Waals surface area contributed by atoms with Gasteiger partial charge in [-0.05, 0) is 29.2 Å². The molecular weight excluding hydrogens is 556 g/mol. The summed E-state index contributed by atoms with van der Waals surface area (Å²) in [5.41, 5.74) is 3.39. The molecule has 1 aromatic heterocycles. The van der Waals surface area contributed by atoms with Gasteiger partial charge >= 0.3 is 5.97 Å². The van der Waals surface area contributed by atoms with Gasteiger partial charge in [0.1, 0.15) is 6.61 Å². The summed E-state index contributed by atoms with van der Waals surface area (Å²) in [4.78, 5) is 68.4. The fourth-order valence-corrected chi connectivity index (χ4v) is 5.16. The van der Waals surface area contributed by atoms with Crippen molar-refractivity contribution in [1.29, 1.82) is 0 Å². The Bertz CT molecular complexity index is 1590. The van der Waals surface area contributed by atoms with E-state index in [1.807, 2.05) is 84.9 Å². The highest BCUT2D eigenvalue weighted by molar-refractivity contribution is 6.38. The van der Waals surface area contributed by atoms with Crippen LogP contribution in [0.1, 0.15) is 49.8 Å². The van der Waals surface area contributed by atoms with E-state index in [2.05, 4.69) is 10.3 Å². The molecule has 0 saturated carbocycles. The highest BCUT2D eigenvalue weighted by atomic mass is 16.5. The molecule has 3 aromatic carbocycles. The van der Waals surface area contributed by atoms with Crippen molar-refractivity contribution < 1.29 is 28.7 Å². The Labute approximate surface area is 257 Å². The number of hydrogen-bond donors (Lipinski definition) is 2. The number of fused-ring (bicyclic) bond motifs is 1. The minimum atomic E-state index is -0.979. The van der Waals surface area contributed by atoms with E-state index in [-0.39, 0.29) is 44.5 Å². The van der Waals surface area contributed by atoms with Crippen LogP contribution in [0.4, 0.5) is 0 Å². The van der Waals surface area contributed by atoms with Gasteiger partial charge in [-0.1, -0.05) is 92.7 Å². The van der Waals surface area contributed by atoms with Gasteiger partial charge in [0.25, 0.3) is 0 Å². The lowest BCUT2D eigenvalue weighted by atomic mass is 9.85. The summed E-state index contributed by atoms with van der Waals surface area (Å²) in [6.45, 7) is 3.32. The number of aromatic nitrogens is 1. The van der Waals surface area contributed by atoms with Crippen molar-refractivity contribution in [3.63, 3.8) is 0 Å². The van der Waals surface area contributed by atoms with Crippen molar-refractivity contribution in [2.75, 3.05) is 0 Å². The van der Waals surface area contributed by atoms with E-state index in [0.717, 1.165) is 27.6 Å². The third kappa shape index (κ3) is 8.83. The standard InChI is InChI=1S/C36H38N2O6/c1-3-32(39)35(42)27(19-25-12-6-4-7-13-25)21-33(40)31(20-28-22-37-30-17-11-10-16-29(28)30)38-36(43)24(2)18-34(41)44-23-26-14-8-5-9-15-26/h4-17,22,24,27,31,37H,3,18-21,23H2,1-2H3,(H,38,43)/t24-,27-,31+/m1/s1. The summed E-state index contributed by atoms with van der Waals surface area (Å²) in [6, 6.07) is 25.1. The SMILES string of the molecule is CCC(=O)C(=O)[C@@H](CC(=O)[C@H](Cc1c[nH]c2ccccc12)NC(=O)[C@H](C)CC(=O)OCc1ccccc1)Cc1ccccc1. The van der Waals surface area contributed by atoms with Crippen molar-refractivity contribution in [1.82, 2.24) is 10.3 Å². The molecule has 4 aromatic rings. The molecule has 0 saturated heterocycles. The zero-order valence-corrected chi connectivity index (χ0v) is 25.1. The minimum absolute atomic E-state index is 0.0473. The number of esters is 1. The lowest BCUT2D eigenvalue weighted by Gasteiger charge is -2.22. The molecule has 0 unspecified atom stereocenters. The number of para-hydroxylation sites is 1. The molecule has 0 radical (unpaired) electrons. The van der Waals surface area contributed by atoms with Crippen molar-refractivity contribution >= 4 is 40.1 Å². The average molecular weight is 595 g/mol. The third-order valence-corrected chi connectivity index (χ3v) is 7.71. The summed E-state index contributed by atoms with van der Waals surface area (Å²) in [5, 5.41) is 3.76. The monoisotopic (exact) mass is 594 g/mol. The van der Waals surface area contributed by atoms with E-state index in [0.29, 0.717) is 0 Å². The molecule has 4 rings (SSSR count). The summed E-state index contributed by atoms with van der Waals surface area (Å²) < 4.78 is 5.34. The van der Waals surface area contributed by atoms with E-state index in [1.165, 1.54) is 0 Å². The Hall–Kier alpha value is -4.85.